The standard InChI is InChI=1S/C18H19N3O/c1-3-21-16-7-5-4-6-15(16)13(2)17(21)18(22)20-12-14-8-10-19-11-9-14/h4-11H,3,12H2,1-2H3,(H,20,22). The molecule has 0 spiro atoms. The van der Waals surface area contributed by atoms with Gasteiger partial charge in [-0.1, -0.05) is 18.2 Å². The Morgan fingerprint density at radius 1 is 1.18 bits per heavy atom. The number of amides is 1. The topological polar surface area (TPSA) is 46.9 Å². The summed E-state index contributed by atoms with van der Waals surface area (Å²) < 4.78 is 2.08. The molecule has 1 N–H and O–H groups in total. The molecule has 3 aromatic rings. The minimum Gasteiger partial charge on any atom is -0.347 e. The lowest BCUT2D eigenvalue weighted by molar-refractivity contribution is 0.0941. The van der Waals surface area contributed by atoms with Crippen LogP contribution in [0.3, 0.4) is 0 Å². The summed E-state index contributed by atoms with van der Waals surface area (Å²) >= 11 is 0. The quantitative estimate of drug-likeness (QED) is 0.802. The highest BCUT2D eigenvalue weighted by atomic mass is 16.1. The van der Waals surface area contributed by atoms with Crippen LogP contribution in [0.25, 0.3) is 10.9 Å². The first-order valence-electron chi connectivity index (χ1n) is 7.47. The maximum Gasteiger partial charge on any atom is 0.268 e. The Kier molecular flexibility index (Phi) is 3.92. The number of carbonyl (C=O) groups excluding carboxylic acids is 1. The second-order valence-corrected chi connectivity index (χ2v) is 5.27. The van der Waals surface area contributed by atoms with Crippen molar-refractivity contribution in [2.45, 2.75) is 26.9 Å². The zero-order chi connectivity index (χ0) is 15.5. The molecule has 0 bridgehead atoms. The molecule has 0 radical (unpaired) electrons. The summed E-state index contributed by atoms with van der Waals surface area (Å²) in [6.45, 7) is 5.35. The molecule has 4 nitrogen and oxygen atoms in total. The average molecular weight is 293 g/mol. The molecule has 22 heavy (non-hydrogen) atoms. The SMILES string of the molecule is CCn1c(C(=O)NCc2ccncc2)c(C)c2ccccc21. The van der Waals surface area contributed by atoms with E-state index in [0.29, 0.717) is 6.54 Å². The van der Waals surface area contributed by atoms with Gasteiger partial charge in [0, 0.05) is 36.4 Å². The van der Waals surface area contributed by atoms with Crippen LogP contribution >= 0.6 is 0 Å². The van der Waals surface area contributed by atoms with E-state index in [0.717, 1.165) is 34.3 Å². The highest BCUT2D eigenvalue weighted by molar-refractivity contribution is 6.01. The predicted octanol–water partition coefficient (Wildman–Crippen LogP) is 3.29. The minimum absolute atomic E-state index is 0.0348. The fourth-order valence-corrected chi connectivity index (χ4v) is 2.86. The van der Waals surface area contributed by atoms with E-state index in [1.54, 1.807) is 12.4 Å². The molecule has 0 aliphatic heterocycles. The maximum atomic E-state index is 12.6. The lowest BCUT2D eigenvalue weighted by Gasteiger charge is -2.10. The van der Waals surface area contributed by atoms with Crippen molar-refractivity contribution in [2.24, 2.45) is 0 Å². The summed E-state index contributed by atoms with van der Waals surface area (Å²) in [5, 5.41) is 4.14. The molecule has 0 saturated heterocycles. The zero-order valence-electron chi connectivity index (χ0n) is 12.8. The predicted molar refractivity (Wildman–Crippen MR) is 87.8 cm³/mol. The molecule has 2 heterocycles. The Balaban J connectivity index is 1.92. The number of carbonyl (C=O) groups is 1. The van der Waals surface area contributed by atoms with E-state index < -0.39 is 0 Å². The largest absolute Gasteiger partial charge is 0.347 e. The highest BCUT2D eigenvalue weighted by Gasteiger charge is 2.18. The first kappa shape index (κ1) is 14.3. The van der Waals surface area contributed by atoms with Gasteiger partial charge in [-0.15, -0.1) is 0 Å². The molecule has 0 aliphatic carbocycles. The van der Waals surface area contributed by atoms with Crippen molar-refractivity contribution in [3.63, 3.8) is 0 Å². The Morgan fingerprint density at radius 3 is 2.64 bits per heavy atom. The van der Waals surface area contributed by atoms with E-state index >= 15 is 0 Å². The summed E-state index contributed by atoms with van der Waals surface area (Å²) in [6.07, 6.45) is 3.46. The van der Waals surface area contributed by atoms with Gasteiger partial charge in [0.05, 0.1) is 0 Å². The third kappa shape index (κ3) is 2.48. The number of hydrogen-bond acceptors (Lipinski definition) is 2. The van der Waals surface area contributed by atoms with Gasteiger partial charge < -0.3 is 9.88 Å². The van der Waals surface area contributed by atoms with Crippen LogP contribution in [0.5, 0.6) is 0 Å². The van der Waals surface area contributed by atoms with Gasteiger partial charge >= 0.3 is 0 Å². The summed E-state index contributed by atoms with van der Waals surface area (Å²) in [5.74, 6) is -0.0348. The Labute approximate surface area is 129 Å². The Morgan fingerprint density at radius 2 is 1.91 bits per heavy atom. The molecular formula is C18H19N3O. The molecule has 0 fully saturated rings. The highest BCUT2D eigenvalue weighted by Crippen LogP contribution is 2.25. The van der Waals surface area contributed by atoms with Crippen LogP contribution in [0, 0.1) is 6.92 Å². The lowest BCUT2D eigenvalue weighted by Crippen LogP contribution is -2.26. The van der Waals surface area contributed by atoms with E-state index in [2.05, 4.69) is 33.9 Å². The number of pyridine rings is 1. The summed E-state index contributed by atoms with van der Waals surface area (Å²) in [5.41, 5.74) is 3.93. The first-order chi connectivity index (χ1) is 10.7. The number of aryl methyl sites for hydroxylation is 2. The zero-order valence-corrected chi connectivity index (χ0v) is 12.8. The van der Waals surface area contributed by atoms with Crippen LogP contribution in [0.15, 0.2) is 48.8 Å². The van der Waals surface area contributed by atoms with Gasteiger partial charge in [0.25, 0.3) is 5.91 Å². The van der Waals surface area contributed by atoms with Crippen molar-refractivity contribution in [1.82, 2.24) is 14.9 Å². The van der Waals surface area contributed by atoms with E-state index in [1.807, 2.05) is 31.2 Å². The molecule has 0 unspecified atom stereocenters. The number of fused-ring (bicyclic) bond motifs is 1. The summed E-state index contributed by atoms with van der Waals surface area (Å²) in [7, 11) is 0. The van der Waals surface area contributed by atoms with Crippen molar-refractivity contribution in [1.29, 1.82) is 0 Å². The van der Waals surface area contributed by atoms with E-state index in [4.69, 9.17) is 0 Å². The number of nitrogens with one attached hydrogen (secondary N) is 1. The van der Waals surface area contributed by atoms with Crippen LogP contribution in [-0.2, 0) is 13.1 Å². The lowest BCUT2D eigenvalue weighted by atomic mass is 10.1. The van der Waals surface area contributed by atoms with Crippen molar-refractivity contribution in [3.05, 3.63) is 65.6 Å². The number of rotatable bonds is 4. The molecule has 0 saturated carbocycles. The fourth-order valence-electron chi connectivity index (χ4n) is 2.86. The summed E-state index contributed by atoms with van der Waals surface area (Å²) in [6, 6.07) is 12.0. The van der Waals surface area contributed by atoms with Crippen LogP contribution in [0.1, 0.15) is 28.5 Å². The third-order valence-electron chi connectivity index (χ3n) is 3.96. The minimum atomic E-state index is -0.0348. The van der Waals surface area contributed by atoms with Crippen molar-refractivity contribution >= 4 is 16.8 Å². The number of nitrogens with zero attached hydrogens (tertiary/aromatic N) is 2. The Bertz CT molecular complexity index is 806. The monoisotopic (exact) mass is 293 g/mol. The molecule has 1 aromatic carbocycles. The van der Waals surface area contributed by atoms with Gasteiger partial charge in [0.2, 0.25) is 0 Å². The van der Waals surface area contributed by atoms with Gasteiger partial charge in [0.1, 0.15) is 5.69 Å². The summed E-state index contributed by atoms with van der Waals surface area (Å²) in [4.78, 5) is 16.6. The maximum absolute atomic E-state index is 12.6. The number of hydrogen-bond donors (Lipinski definition) is 1. The van der Waals surface area contributed by atoms with E-state index in [1.165, 1.54) is 0 Å². The third-order valence-corrected chi connectivity index (χ3v) is 3.96. The van der Waals surface area contributed by atoms with Crippen LogP contribution in [0.4, 0.5) is 0 Å². The van der Waals surface area contributed by atoms with Gasteiger partial charge in [-0.25, -0.2) is 0 Å². The van der Waals surface area contributed by atoms with E-state index in [-0.39, 0.29) is 5.91 Å². The fraction of sp³-hybridized carbons (Fsp3) is 0.222. The van der Waals surface area contributed by atoms with E-state index in [9.17, 15) is 4.79 Å². The molecule has 0 aliphatic rings. The van der Waals surface area contributed by atoms with Crippen LogP contribution < -0.4 is 5.32 Å². The molecule has 4 heteroatoms. The molecule has 0 atom stereocenters. The van der Waals surface area contributed by atoms with Gasteiger partial charge in [-0.05, 0) is 43.2 Å². The second-order valence-electron chi connectivity index (χ2n) is 5.27. The van der Waals surface area contributed by atoms with Gasteiger partial charge in [0.15, 0.2) is 0 Å². The Hall–Kier alpha value is -2.62. The number of para-hydroxylation sites is 1. The molecular weight excluding hydrogens is 274 g/mol. The average Bonchev–Trinajstić information content (AvgIpc) is 2.86. The van der Waals surface area contributed by atoms with Crippen molar-refractivity contribution in [2.75, 3.05) is 0 Å². The van der Waals surface area contributed by atoms with Gasteiger partial charge in [-0.2, -0.15) is 0 Å². The smallest absolute Gasteiger partial charge is 0.268 e. The first-order valence-corrected chi connectivity index (χ1v) is 7.47. The van der Waals surface area contributed by atoms with Crippen molar-refractivity contribution in [3.8, 4) is 0 Å². The molecule has 112 valence electrons. The number of aromatic nitrogens is 2. The number of benzene rings is 1. The van der Waals surface area contributed by atoms with Crippen molar-refractivity contribution < 1.29 is 4.79 Å². The van der Waals surface area contributed by atoms with Crippen LogP contribution in [0.2, 0.25) is 0 Å². The van der Waals surface area contributed by atoms with Gasteiger partial charge in [-0.3, -0.25) is 9.78 Å². The molecule has 3 rings (SSSR count). The van der Waals surface area contributed by atoms with Crippen LogP contribution in [-0.4, -0.2) is 15.5 Å². The second kappa shape index (κ2) is 6.02. The normalized spacial score (nSPS) is 10.8. The molecule has 2 aromatic heterocycles. The molecule has 1 amide bonds.